The van der Waals surface area contributed by atoms with Gasteiger partial charge >= 0.3 is 0 Å². The van der Waals surface area contributed by atoms with Crippen LogP contribution in [0.2, 0.25) is 0 Å². The lowest BCUT2D eigenvalue weighted by atomic mass is 9.98. The average Bonchev–Trinajstić information content (AvgIpc) is 3.16. The van der Waals surface area contributed by atoms with Gasteiger partial charge in [-0.3, -0.25) is 9.59 Å². The van der Waals surface area contributed by atoms with Crippen molar-refractivity contribution >= 4 is 17.5 Å². The summed E-state index contributed by atoms with van der Waals surface area (Å²) in [4.78, 5) is 30.9. The standard InChI is InChI=1S/C25H29FN4O3/c1-5-23(31)29-8-9-33-17(14-29)12-21-24(28-22-10-15(2)6-7-30(21)22)18-13-20(26)19(11-16(18)3)25(32)27-4/h6-7,10-11,13,17H,5,8-9,12,14H2,1-4H3,(H,27,32)/t17-/m0/s1. The second-order valence-electron chi connectivity index (χ2n) is 8.46. The molecule has 1 atom stereocenters. The third kappa shape index (κ3) is 4.48. The molecular formula is C25H29FN4O3. The van der Waals surface area contributed by atoms with Crippen molar-refractivity contribution in [3.05, 3.63) is 58.7 Å². The summed E-state index contributed by atoms with van der Waals surface area (Å²) in [5, 5.41) is 2.47. The Kier molecular flexibility index (Phi) is 6.47. The van der Waals surface area contributed by atoms with Crippen molar-refractivity contribution in [2.75, 3.05) is 26.7 Å². The monoisotopic (exact) mass is 452 g/mol. The maximum Gasteiger partial charge on any atom is 0.254 e. The van der Waals surface area contributed by atoms with E-state index in [4.69, 9.17) is 9.72 Å². The fourth-order valence-electron chi connectivity index (χ4n) is 4.36. The molecule has 3 aromatic rings. The number of imidazole rings is 1. The minimum Gasteiger partial charge on any atom is -0.374 e. The van der Waals surface area contributed by atoms with E-state index < -0.39 is 11.7 Å². The Morgan fingerprint density at radius 1 is 1.27 bits per heavy atom. The number of benzene rings is 1. The highest BCUT2D eigenvalue weighted by Crippen LogP contribution is 2.31. The van der Waals surface area contributed by atoms with Gasteiger partial charge in [-0.2, -0.15) is 0 Å². The van der Waals surface area contributed by atoms with E-state index in [0.29, 0.717) is 43.8 Å². The fraction of sp³-hybridized carbons (Fsp3) is 0.400. The summed E-state index contributed by atoms with van der Waals surface area (Å²) in [6, 6.07) is 6.92. The number of aromatic nitrogens is 2. The molecule has 8 heteroatoms. The molecule has 1 fully saturated rings. The number of hydrogen-bond donors (Lipinski definition) is 1. The van der Waals surface area contributed by atoms with Gasteiger partial charge in [0.05, 0.1) is 29.7 Å². The third-order valence-electron chi connectivity index (χ3n) is 6.14. The van der Waals surface area contributed by atoms with E-state index in [-0.39, 0.29) is 17.6 Å². The molecule has 7 nitrogen and oxygen atoms in total. The normalized spacial score (nSPS) is 16.3. The zero-order chi connectivity index (χ0) is 23.7. The highest BCUT2D eigenvalue weighted by Gasteiger charge is 2.27. The van der Waals surface area contributed by atoms with Gasteiger partial charge in [-0.05, 0) is 49.2 Å². The molecule has 0 bridgehead atoms. The Labute approximate surface area is 192 Å². The van der Waals surface area contributed by atoms with Crippen molar-refractivity contribution in [1.82, 2.24) is 19.6 Å². The van der Waals surface area contributed by atoms with Gasteiger partial charge in [0, 0.05) is 44.7 Å². The van der Waals surface area contributed by atoms with Crippen molar-refractivity contribution in [3.63, 3.8) is 0 Å². The number of aryl methyl sites for hydroxylation is 2. The number of morpholine rings is 1. The Bertz CT molecular complexity index is 1220. The van der Waals surface area contributed by atoms with E-state index in [0.717, 1.165) is 22.5 Å². The van der Waals surface area contributed by atoms with E-state index in [9.17, 15) is 14.0 Å². The van der Waals surface area contributed by atoms with Gasteiger partial charge in [0.15, 0.2) is 0 Å². The molecule has 2 aromatic heterocycles. The molecule has 33 heavy (non-hydrogen) atoms. The van der Waals surface area contributed by atoms with Crippen LogP contribution in [0.25, 0.3) is 16.9 Å². The molecular weight excluding hydrogens is 423 g/mol. The summed E-state index contributed by atoms with van der Waals surface area (Å²) >= 11 is 0. The SMILES string of the molecule is CCC(=O)N1CCO[C@@H](Cc2c(-c3cc(F)c(C(=O)NC)cc3C)nc3cc(C)ccn23)C1. The van der Waals surface area contributed by atoms with Crippen LogP contribution in [-0.2, 0) is 16.0 Å². The maximum absolute atomic E-state index is 14.9. The number of fused-ring (bicyclic) bond motifs is 1. The number of amides is 2. The van der Waals surface area contributed by atoms with Crippen LogP contribution in [0.1, 0.15) is 40.5 Å². The molecule has 174 valence electrons. The van der Waals surface area contributed by atoms with Crippen LogP contribution in [0, 0.1) is 19.7 Å². The van der Waals surface area contributed by atoms with Crippen molar-refractivity contribution in [2.45, 2.75) is 39.7 Å². The molecule has 1 aliphatic rings. The molecule has 0 saturated carbocycles. The quantitative estimate of drug-likeness (QED) is 0.645. The molecule has 1 aromatic carbocycles. The summed E-state index contributed by atoms with van der Waals surface area (Å²) in [6.45, 7) is 7.28. The predicted molar refractivity (Wildman–Crippen MR) is 124 cm³/mol. The van der Waals surface area contributed by atoms with E-state index in [1.165, 1.54) is 13.1 Å². The minimum absolute atomic E-state index is 0.00393. The third-order valence-corrected chi connectivity index (χ3v) is 6.14. The zero-order valence-electron chi connectivity index (χ0n) is 19.4. The molecule has 0 aliphatic carbocycles. The molecule has 2 amide bonds. The molecule has 4 rings (SSSR count). The molecule has 1 N–H and O–H groups in total. The molecule has 3 heterocycles. The zero-order valence-corrected chi connectivity index (χ0v) is 19.4. The molecule has 0 spiro atoms. The van der Waals surface area contributed by atoms with Gasteiger partial charge in [0.1, 0.15) is 11.5 Å². The van der Waals surface area contributed by atoms with E-state index in [1.54, 1.807) is 6.07 Å². The summed E-state index contributed by atoms with van der Waals surface area (Å²) in [7, 11) is 1.48. The Morgan fingerprint density at radius 2 is 2.06 bits per heavy atom. The van der Waals surface area contributed by atoms with Crippen LogP contribution in [0.3, 0.4) is 0 Å². The summed E-state index contributed by atoms with van der Waals surface area (Å²) in [5.74, 6) is -0.952. The highest BCUT2D eigenvalue weighted by atomic mass is 19.1. The predicted octanol–water partition coefficient (Wildman–Crippen LogP) is 3.30. The number of halogens is 1. The minimum atomic E-state index is -0.595. The van der Waals surface area contributed by atoms with Crippen molar-refractivity contribution < 1.29 is 18.7 Å². The first-order valence-corrected chi connectivity index (χ1v) is 11.2. The van der Waals surface area contributed by atoms with E-state index in [2.05, 4.69) is 5.32 Å². The fourth-order valence-corrected chi connectivity index (χ4v) is 4.36. The van der Waals surface area contributed by atoms with Gasteiger partial charge in [-0.25, -0.2) is 9.37 Å². The van der Waals surface area contributed by atoms with Crippen molar-refractivity contribution in [1.29, 1.82) is 0 Å². The van der Waals surface area contributed by atoms with E-state index >= 15 is 0 Å². The largest absolute Gasteiger partial charge is 0.374 e. The summed E-state index contributed by atoms with van der Waals surface area (Å²) in [6.07, 6.45) is 2.75. The van der Waals surface area contributed by atoms with Crippen LogP contribution < -0.4 is 5.32 Å². The molecule has 1 saturated heterocycles. The first kappa shape index (κ1) is 22.9. The number of pyridine rings is 1. The van der Waals surface area contributed by atoms with Gasteiger partial charge < -0.3 is 19.4 Å². The molecule has 1 aliphatic heterocycles. The number of ether oxygens (including phenoxy) is 1. The van der Waals surface area contributed by atoms with Gasteiger partial charge in [-0.1, -0.05) is 6.92 Å². The average molecular weight is 453 g/mol. The van der Waals surface area contributed by atoms with Crippen LogP contribution >= 0.6 is 0 Å². The number of carbonyl (C=O) groups excluding carboxylic acids is 2. The van der Waals surface area contributed by atoms with Crippen molar-refractivity contribution in [3.8, 4) is 11.3 Å². The van der Waals surface area contributed by atoms with Gasteiger partial charge in [0.25, 0.3) is 5.91 Å². The lowest BCUT2D eigenvalue weighted by Gasteiger charge is -2.33. The van der Waals surface area contributed by atoms with Gasteiger partial charge in [-0.15, -0.1) is 0 Å². The second kappa shape index (κ2) is 9.31. The Balaban J connectivity index is 1.78. The summed E-state index contributed by atoms with van der Waals surface area (Å²) in [5.41, 5.74) is 4.75. The van der Waals surface area contributed by atoms with Crippen molar-refractivity contribution in [2.24, 2.45) is 0 Å². The Hall–Kier alpha value is -3.26. The molecule has 0 radical (unpaired) electrons. The maximum atomic E-state index is 14.9. The highest BCUT2D eigenvalue weighted by molar-refractivity contribution is 5.95. The Morgan fingerprint density at radius 3 is 2.79 bits per heavy atom. The number of rotatable bonds is 5. The summed E-state index contributed by atoms with van der Waals surface area (Å²) < 4.78 is 22.9. The topological polar surface area (TPSA) is 75.9 Å². The lowest BCUT2D eigenvalue weighted by Crippen LogP contribution is -2.46. The van der Waals surface area contributed by atoms with E-state index in [1.807, 2.05) is 48.4 Å². The number of carbonyl (C=O) groups is 2. The first-order chi connectivity index (χ1) is 15.8. The van der Waals surface area contributed by atoms with Gasteiger partial charge in [0.2, 0.25) is 5.91 Å². The number of nitrogens with one attached hydrogen (secondary N) is 1. The van der Waals surface area contributed by atoms with Crippen LogP contribution in [-0.4, -0.2) is 58.9 Å². The molecule has 0 unspecified atom stereocenters. The van der Waals surface area contributed by atoms with Crippen LogP contribution in [0.5, 0.6) is 0 Å². The first-order valence-electron chi connectivity index (χ1n) is 11.2. The second-order valence-corrected chi connectivity index (χ2v) is 8.46. The number of nitrogens with zero attached hydrogens (tertiary/aromatic N) is 3. The number of hydrogen-bond acceptors (Lipinski definition) is 4. The van der Waals surface area contributed by atoms with Crippen LogP contribution in [0.4, 0.5) is 4.39 Å². The van der Waals surface area contributed by atoms with Crippen LogP contribution in [0.15, 0.2) is 30.5 Å². The smallest absolute Gasteiger partial charge is 0.254 e. The lowest BCUT2D eigenvalue weighted by molar-refractivity contribution is -0.138.